The Morgan fingerprint density at radius 3 is 2.40 bits per heavy atom. The predicted octanol–water partition coefficient (Wildman–Crippen LogP) is 4.35. The maximum atomic E-state index is 13.1. The van der Waals surface area contributed by atoms with Crippen LogP contribution in [0, 0.1) is 0 Å². The van der Waals surface area contributed by atoms with Crippen LogP contribution in [0.3, 0.4) is 0 Å². The number of hydrogen-bond acceptors (Lipinski definition) is 5. The van der Waals surface area contributed by atoms with Crippen molar-refractivity contribution in [2.75, 3.05) is 13.2 Å². The number of ether oxygens (including phenoxy) is 2. The van der Waals surface area contributed by atoms with Crippen LogP contribution in [0.1, 0.15) is 45.2 Å². The van der Waals surface area contributed by atoms with Crippen molar-refractivity contribution in [1.29, 1.82) is 0 Å². The van der Waals surface area contributed by atoms with Gasteiger partial charge in [-0.3, -0.25) is 4.90 Å². The Balaban J connectivity index is 2.08. The van der Waals surface area contributed by atoms with Crippen LogP contribution >= 0.6 is 0 Å². The van der Waals surface area contributed by atoms with Gasteiger partial charge in [0, 0.05) is 6.54 Å². The smallest absolute Gasteiger partial charge is 0.444 e. The molecule has 10 heteroatoms. The summed E-state index contributed by atoms with van der Waals surface area (Å²) in [7, 11) is -5.52. The minimum absolute atomic E-state index is 0.267. The standard InChI is InChI=1S/C20H24F3NO5S/c1-18(2,3)29-17(25)24-11-7-10-19(16(24)14-8-5-4-6-9-14)12-15(13-28-19)30(26,27)20(21,22)23/h4-6,8-9,12,16H,7,10-11,13H2,1-3H3/t16-,19+/m0/s1. The summed E-state index contributed by atoms with van der Waals surface area (Å²) in [5, 5.41) is 0. The lowest BCUT2D eigenvalue weighted by molar-refractivity contribution is -0.0817. The first-order valence-electron chi connectivity index (χ1n) is 9.48. The number of rotatable bonds is 2. The number of carbonyl (C=O) groups is 1. The maximum Gasteiger partial charge on any atom is 0.501 e. The fourth-order valence-electron chi connectivity index (χ4n) is 3.84. The average molecular weight is 447 g/mol. The number of nitrogens with zero attached hydrogens (tertiary/aromatic N) is 1. The van der Waals surface area contributed by atoms with Crippen LogP contribution in [0.4, 0.5) is 18.0 Å². The zero-order valence-corrected chi connectivity index (χ0v) is 17.7. The van der Waals surface area contributed by atoms with Crippen molar-refractivity contribution >= 4 is 15.9 Å². The molecule has 2 heterocycles. The molecule has 3 rings (SSSR count). The predicted molar refractivity (Wildman–Crippen MR) is 103 cm³/mol. The molecule has 1 spiro atoms. The molecule has 2 atom stereocenters. The van der Waals surface area contributed by atoms with Crippen molar-refractivity contribution < 1.29 is 35.9 Å². The van der Waals surface area contributed by atoms with Gasteiger partial charge < -0.3 is 9.47 Å². The second-order valence-electron chi connectivity index (χ2n) is 8.39. The minimum atomic E-state index is -5.52. The van der Waals surface area contributed by atoms with Gasteiger partial charge in [-0.2, -0.15) is 13.2 Å². The summed E-state index contributed by atoms with van der Waals surface area (Å²) >= 11 is 0. The third-order valence-electron chi connectivity index (χ3n) is 5.02. The molecule has 1 aromatic carbocycles. The third-order valence-corrected chi connectivity index (χ3v) is 6.56. The molecule has 0 unspecified atom stereocenters. The number of sulfone groups is 1. The van der Waals surface area contributed by atoms with Crippen molar-refractivity contribution in [2.45, 2.75) is 56.4 Å². The van der Waals surface area contributed by atoms with Crippen LogP contribution in [0.2, 0.25) is 0 Å². The first kappa shape index (κ1) is 22.6. The summed E-state index contributed by atoms with van der Waals surface area (Å²) in [5.74, 6) is 0. The van der Waals surface area contributed by atoms with Gasteiger partial charge in [0.1, 0.15) is 11.2 Å². The number of halogens is 3. The number of likely N-dealkylation sites (tertiary alicyclic amines) is 1. The molecule has 0 N–H and O–H groups in total. The van der Waals surface area contributed by atoms with E-state index >= 15 is 0 Å². The summed E-state index contributed by atoms with van der Waals surface area (Å²) < 4.78 is 74.4. The van der Waals surface area contributed by atoms with E-state index in [1.807, 2.05) is 0 Å². The Morgan fingerprint density at radius 2 is 1.83 bits per heavy atom. The number of piperidine rings is 1. The van der Waals surface area contributed by atoms with E-state index in [0.717, 1.165) is 6.08 Å². The van der Waals surface area contributed by atoms with Crippen molar-refractivity contribution in [3.63, 3.8) is 0 Å². The van der Waals surface area contributed by atoms with Gasteiger partial charge in [-0.25, -0.2) is 13.2 Å². The molecule has 1 saturated heterocycles. The molecule has 1 fully saturated rings. The number of carbonyl (C=O) groups excluding carboxylic acids is 1. The average Bonchev–Trinajstić information content (AvgIpc) is 3.04. The van der Waals surface area contributed by atoms with E-state index in [1.54, 1.807) is 51.1 Å². The van der Waals surface area contributed by atoms with Crippen molar-refractivity contribution in [2.24, 2.45) is 0 Å². The van der Waals surface area contributed by atoms with Gasteiger partial charge in [-0.05, 0) is 45.3 Å². The molecule has 2 aliphatic heterocycles. The van der Waals surface area contributed by atoms with Gasteiger partial charge in [0.15, 0.2) is 0 Å². The first-order valence-corrected chi connectivity index (χ1v) is 11.0. The molecule has 166 valence electrons. The van der Waals surface area contributed by atoms with Gasteiger partial charge in [0.2, 0.25) is 0 Å². The second-order valence-corrected chi connectivity index (χ2v) is 10.4. The number of alkyl halides is 3. The SMILES string of the molecule is CC(C)(C)OC(=O)N1CCC[C@@]2(C=C(S(=O)(=O)C(F)(F)F)CO2)[C@@H]1c1ccccc1. The lowest BCUT2D eigenvalue weighted by Crippen LogP contribution is -2.53. The zero-order chi connectivity index (χ0) is 22.4. The number of benzene rings is 1. The van der Waals surface area contributed by atoms with Crippen molar-refractivity contribution in [1.82, 2.24) is 4.90 Å². The molecule has 0 aliphatic carbocycles. The molecular formula is C20H24F3NO5S. The van der Waals surface area contributed by atoms with E-state index in [1.165, 1.54) is 4.90 Å². The topological polar surface area (TPSA) is 72.9 Å². The van der Waals surface area contributed by atoms with E-state index < -0.39 is 50.2 Å². The molecule has 0 saturated carbocycles. The molecule has 0 aromatic heterocycles. The van der Waals surface area contributed by atoms with Gasteiger partial charge in [0.25, 0.3) is 9.84 Å². The molecule has 0 bridgehead atoms. The molecule has 1 amide bonds. The van der Waals surface area contributed by atoms with Crippen LogP contribution in [0.25, 0.3) is 0 Å². The van der Waals surface area contributed by atoms with E-state index in [2.05, 4.69) is 0 Å². The van der Waals surface area contributed by atoms with Crippen LogP contribution in [-0.4, -0.2) is 49.3 Å². The highest BCUT2D eigenvalue weighted by atomic mass is 32.2. The first-order chi connectivity index (χ1) is 13.8. The van der Waals surface area contributed by atoms with Gasteiger partial charge in [0.05, 0.1) is 17.6 Å². The molecule has 0 radical (unpaired) electrons. The Labute approximate surface area is 173 Å². The van der Waals surface area contributed by atoms with Crippen LogP contribution < -0.4 is 0 Å². The van der Waals surface area contributed by atoms with Crippen molar-refractivity contribution in [3.05, 3.63) is 46.9 Å². The molecule has 1 aromatic rings. The number of hydrogen-bond donors (Lipinski definition) is 0. The monoisotopic (exact) mass is 447 g/mol. The van der Waals surface area contributed by atoms with Gasteiger partial charge in [-0.15, -0.1) is 0 Å². The van der Waals surface area contributed by atoms with Crippen LogP contribution in [0.15, 0.2) is 41.3 Å². The van der Waals surface area contributed by atoms with E-state index in [9.17, 15) is 26.4 Å². The second kappa shape index (κ2) is 7.56. The summed E-state index contributed by atoms with van der Waals surface area (Å²) in [6, 6.07) is 7.85. The molecule has 30 heavy (non-hydrogen) atoms. The highest BCUT2D eigenvalue weighted by Crippen LogP contribution is 2.48. The lowest BCUT2D eigenvalue weighted by atomic mass is 9.80. The zero-order valence-electron chi connectivity index (χ0n) is 16.9. The molecule has 2 aliphatic rings. The third kappa shape index (κ3) is 4.20. The summed E-state index contributed by atoms with van der Waals surface area (Å²) in [5.41, 5.74) is -6.98. The minimum Gasteiger partial charge on any atom is -0.444 e. The Hall–Kier alpha value is -2.07. The van der Waals surface area contributed by atoms with Crippen molar-refractivity contribution in [3.8, 4) is 0 Å². The van der Waals surface area contributed by atoms with E-state index in [-0.39, 0.29) is 6.42 Å². The van der Waals surface area contributed by atoms with Gasteiger partial charge >= 0.3 is 11.6 Å². The summed E-state index contributed by atoms with van der Waals surface area (Å²) in [6.45, 7) is 4.73. The Morgan fingerprint density at radius 1 is 1.20 bits per heavy atom. The summed E-state index contributed by atoms with van der Waals surface area (Å²) in [4.78, 5) is 13.5. The highest BCUT2D eigenvalue weighted by Gasteiger charge is 2.55. The fraction of sp³-hybridized carbons (Fsp3) is 0.550. The van der Waals surface area contributed by atoms with Gasteiger partial charge in [-0.1, -0.05) is 30.3 Å². The van der Waals surface area contributed by atoms with Crippen LogP contribution in [0.5, 0.6) is 0 Å². The normalized spacial score (nSPS) is 25.3. The maximum absolute atomic E-state index is 13.1. The largest absolute Gasteiger partial charge is 0.501 e. The quantitative estimate of drug-likeness (QED) is 0.674. The lowest BCUT2D eigenvalue weighted by Gasteiger charge is -2.46. The fourth-order valence-corrected chi connectivity index (χ4v) is 4.70. The molecule has 6 nitrogen and oxygen atoms in total. The highest BCUT2D eigenvalue weighted by molar-refractivity contribution is 7.96. The van der Waals surface area contributed by atoms with Crippen LogP contribution in [-0.2, 0) is 19.3 Å². The number of amides is 1. The van der Waals surface area contributed by atoms with E-state index in [0.29, 0.717) is 18.5 Å². The summed E-state index contributed by atoms with van der Waals surface area (Å²) in [6.07, 6.45) is 1.07. The molecular weight excluding hydrogens is 423 g/mol. The Kier molecular flexibility index (Phi) is 5.70. The van der Waals surface area contributed by atoms with E-state index in [4.69, 9.17) is 9.47 Å². The Bertz CT molecular complexity index is 937.